The van der Waals surface area contributed by atoms with Crippen LogP contribution < -0.4 is 10.1 Å². The number of hydrogen-bond donors (Lipinski definition) is 1. The summed E-state index contributed by atoms with van der Waals surface area (Å²) in [5, 5.41) is 3.53. The van der Waals surface area contributed by atoms with Crippen molar-refractivity contribution in [3.8, 4) is 5.75 Å². The molecule has 7 heteroatoms. The zero-order valence-corrected chi connectivity index (χ0v) is 15.9. The van der Waals surface area contributed by atoms with Gasteiger partial charge in [-0.05, 0) is 55.8 Å². The maximum absolute atomic E-state index is 12.5. The third-order valence-corrected chi connectivity index (χ3v) is 4.05. The number of hydrogen-bond acceptors (Lipinski definition) is 4. The van der Waals surface area contributed by atoms with Crippen molar-refractivity contribution in [3.63, 3.8) is 0 Å². The smallest absolute Gasteiger partial charge is 0.339 e. The molecule has 0 aliphatic carbocycles. The highest BCUT2D eigenvalue weighted by Gasteiger charge is 2.19. The maximum atomic E-state index is 12.5. The molecule has 0 aliphatic rings. The standard InChI is InChI=1S/C19H19Cl2NO4/c1-3-17(26-14-8-5-12(20)6-9-14)18(23)22-13-7-10-15(16(21)11-13)19(24)25-4-2/h5-11,17H,3-4H2,1-2H3,(H,22,23)/t17-/m0/s1. The average molecular weight is 396 g/mol. The van der Waals surface area contributed by atoms with E-state index in [-0.39, 0.29) is 23.1 Å². The third-order valence-electron chi connectivity index (χ3n) is 3.49. The molecule has 0 aliphatic heterocycles. The lowest BCUT2D eigenvalue weighted by molar-refractivity contribution is -0.122. The van der Waals surface area contributed by atoms with Gasteiger partial charge in [-0.2, -0.15) is 0 Å². The molecule has 2 aromatic carbocycles. The minimum absolute atomic E-state index is 0.202. The summed E-state index contributed by atoms with van der Waals surface area (Å²) in [5.74, 6) is -0.276. The first kappa shape index (κ1) is 20.1. The van der Waals surface area contributed by atoms with Crippen molar-refractivity contribution in [1.82, 2.24) is 0 Å². The first-order chi connectivity index (χ1) is 12.4. The Morgan fingerprint density at radius 2 is 1.77 bits per heavy atom. The molecule has 1 amide bonds. The van der Waals surface area contributed by atoms with Crippen LogP contribution in [0.25, 0.3) is 0 Å². The molecule has 0 spiro atoms. The summed E-state index contributed by atoms with van der Waals surface area (Å²) in [4.78, 5) is 24.2. The third kappa shape index (κ3) is 5.38. The van der Waals surface area contributed by atoms with Gasteiger partial charge in [0, 0.05) is 10.7 Å². The van der Waals surface area contributed by atoms with Gasteiger partial charge in [0.2, 0.25) is 0 Å². The van der Waals surface area contributed by atoms with E-state index >= 15 is 0 Å². The van der Waals surface area contributed by atoms with Gasteiger partial charge in [-0.3, -0.25) is 4.79 Å². The topological polar surface area (TPSA) is 64.6 Å². The van der Waals surface area contributed by atoms with Crippen molar-refractivity contribution in [3.05, 3.63) is 58.1 Å². The highest BCUT2D eigenvalue weighted by atomic mass is 35.5. The van der Waals surface area contributed by atoms with Gasteiger partial charge in [-0.15, -0.1) is 0 Å². The number of rotatable bonds is 7. The Kier molecular flexibility index (Phi) is 7.30. The van der Waals surface area contributed by atoms with Gasteiger partial charge in [-0.25, -0.2) is 4.79 Å². The number of carbonyl (C=O) groups excluding carboxylic acids is 2. The predicted molar refractivity (Wildman–Crippen MR) is 102 cm³/mol. The lowest BCUT2D eigenvalue weighted by atomic mass is 10.2. The van der Waals surface area contributed by atoms with E-state index in [1.807, 2.05) is 6.92 Å². The van der Waals surface area contributed by atoms with E-state index in [4.69, 9.17) is 32.7 Å². The van der Waals surface area contributed by atoms with Crippen LogP contribution in [0, 0.1) is 0 Å². The molecule has 1 atom stereocenters. The summed E-state index contributed by atoms with van der Waals surface area (Å²) in [6, 6.07) is 11.4. The number of benzene rings is 2. The summed E-state index contributed by atoms with van der Waals surface area (Å²) in [6.07, 6.45) is -0.206. The van der Waals surface area contributed by atoms with Crippen LogP contribution in [0.1, 0.15) is 30.6 Å². The molecule has 0 heterocycles. The zero-order chi connectivity index (χ0) is 19.1. The largest absolute Gasteiger partial charge is 0.481 e. The Morgan fingerprint density at radius 3 is 2.35 bits per heavy atom. The molecule has 26 heavy (non-hydrogen) atoms. The Labute approximate surface area is 162 Å². The van der Waals surface area contributed by atoms with Crippen molar-refractivity contribution >= 4 is 40.8 Å². The lowest BCUT2D eigenvalue weighted by Crippen LogP contribution is -2.32. The highest BCUT2D eigenvalue weighted by Crippen LogP contribution is 2.23. The fourth-order valence-electron chi connectivity index (χ4n) is 2.19. The highest BCUT2D eigenvalue weighted by molar-refractivity contribution is 6.34. The molecule has 0 unspecified atom stereocenters. The number of esters is 1. The molecule has 0 bridgehead atoms. The van der Waals surface area contributed by atoms with Crippen molar-refractivity contribution in [2.24, 2.45) is 0 Å². The molecule has 2 rings (SSSR count). The van der Waals surface area contributed by atoms with Gasteiger partial charge in [0.15, 0.2) is 6.10 Å². The molecule has 0 radical (unpaired) electrons. The predicted octanol–water partition coefficient (Wildman–Crippen LogP) is 4.97. The fourth-order valence-corrected chi connectivity index (χ4v) is 2.57. The number of anilines is 1. The van der Waals surface area contributed by atoms with Gasteiger partial charge in [0.25, 0.3) is 5.91 Å². The lowest BCUT2D eigenvalue weighted by Gasteiger charge is -2.17. The maximum Gasteiger partial charge on any atom is 0.339 e. The first-order valence-corrected chi connectivity index (χ1v) is 8.90. The van der Waals surface area contributed by atoms with Crippen molar-refractivity contribution < 1.29 is 19.1 Å². The molecule has 0 saturated carbocycles. The van der Waals surface area contributed by atoms with Crippen LogP contribution in [0.2, 0.25) is 10.0 Å². The number of nitrogens with one attached hydrogen (secondary N) is 1. The van der Waals surface area contributed by atoms with Crippen LogP contribution in [-0.4, -0.2) is 24.6 Å². The van der Waals surface area contributed by atoms with E-state index in [9.17, 15) is 9.59 Å². The molecule has 138 valence electrons. The summed E-state index contributed by atoms with van der Waals surface area (Å²) in [6.45, 7) is 3.82. The van der Waals surface area contributed by atoms with Gasteiger partial charge >= 0.3 is 5.97 Å². The molecule has 1 N–H and O–H groups in total. The van der Waals surface area contributed by atoms with Crippen LogP contribution >= 0.6 is 23.2 Å². The van der Waals surface area contributed by atoms with E-state index in [2.05, 4.69) is 5.32 Å². The molecule has 0 aromatic heterocycles. The minimum Gasteiger partial charge on any atom is -0.481 e. The first-order valence-electron chi connectivity index (χ1n) is 8.14. The van der Waals surface area contributed by atoms with Gasteiger partial charge in [-0.1, -0.05) is 30.1 Å². The monoisotopic (exact) mass is 395 g/mol. The van der Waals surface area contributed by atoms with Crippen molar-refractivity contribution in [2.75, 3.05) is 11.9 Å². The van der Waals surface area contributed by atoms with Gasteiger partial charge in [0.05, 0.1) is 17.2 Å². The molecule has 2 aromatic rings. The number of amides is 1. The van der Waals surface area contributed by atoms with E-state index in [1.165, 1.54) is 12.1 Å². The van der Waals surface area contributed by atoms with E-state index in [1.54, 1.807) is 37.3 Å². The van der Waals surface area contributed by atoms with Crippen molar-refractivity contribution in [1.29, 1.82) is 0 Å². The zero-order valence-electron chi connectivity index (χ0n) is 14.4. The Balaban J connectivity index is 2.06. The van der Waals surface area contributed by atoms with Gasteiger partial charge in [0.1, 0.15) is 5.75 Å². The molecule has 0 saturated heterocycles. The Hall–Kier alpha value is -2.24. The molecule has 5 nitrogen and oxygen atoms in total. The Bertz CT molecular complexity index is 778. The average Bonchev–Trinajstić information content (AvgIpc) is 2.61. The molecule has 0 fully saturated rings. The molecular formula is C19H19Cl2NO4. The van der Waals surface area contributed by atoms with Crippen LogP contribution in [-0.2, 0) is 9.53 Å². The fraction of sp³-hybridized carbons (Fsp3) is 0.263. The van der Waals surface area contributed by atoms with Gasteiger partial charge < -0.3 is 14.8 Å². The van der Waals surface area contributed by atoms with Crippen molar-refractivity contribution in [2.45, 2.75) is 26.4 Å². The van der Waals surface area contributed by atoms with Crippen LogP contribution in [0.3, 0.4) is 0 Å². The summed E-state index contributed by atoms with van der Waals surface area (Å²) < 4.78 is 10.6. The normalized spacial score (nSPS) is 11.5. The second kappa shape index (κ2) is 9.46. The van der Waals surface area contributed by atoms with Crippen LogP contribution in [0.4, 0.5) is 5.69 Å². The number of carbonyl (C=O) groups is 2. The number of halogens is 2. The SMILES string of the molecule is CCOC(=O)c1ccc(NC(=O)[C@H](CC)Oc2ccc(Cl)cc2)cc1Cl. The minimum atomic E-state index is -0.681. The van der Waals surface area contributed by atoms with E-state index in [0.29, 0.717) is 22.9 Å². The number of ether oxygens (including phenoxy) is 2. The van der Waals surface area contributed by atoms with E-state index in [0.717, 1.165) is 0 Å². The summed E-state index contributed by atoms with van der Waals surface area (Å²) in [7, 11) is 0. The Morgan fingerprint density at radius 1 is 1.08 bits per heavy atom. The van der Waals surface area contributed by atoms with E-state index < -0.39 is 12.1 Å². The van der Waals surface area contributed by atoms with Crippen LogP contribution in [0.15, 0.2) is 42.5 Å². The summed E-state index contributed by atoms with van der Waals surface area (Å²) in [5.41, 5.74) is 0.710. The molecular weight excluding hydrogens is 377 g/mol. The summed E-state index contributed by atoms with van der Waals surface area (Å²) >= 11 is 11.9. The van der Waals surface area contributed by atoms with Crippen LogP contribution in [0.5, 0.6) is 5.75 Å². The quantitative estimate of drug-likeness (QED) is 0.672. The second-order valence-electron chi connectivity index (χ2n) is 5.37. The second-order valence-corrected chi connectivity index (χ2v) is 6.22.